The summed E-state index contributed by atoms with van der Waals surface area (Å²) in [7, 11) is 0. The number of halogens is 1. The molecule has 1 heterocycles. The van der Waals surface area contributed by atoms with Gasteiger partial charge in [0.15, 0.2) is 0 Å². The van der Waals surface area contributed by atoms with E-state index in [0.29, 0.717) is 6.04 Å². The molecule has 1 saturated heterocycles. The Morgan fingerprint density at radius 3 is 2.00 bits per heavy atom. The maximum atomic E-state index is 13.0. The molecule has 0 aromatic heterocycles. The molecule has 1 aliphatic rings. The third-order valence-electron chi connectivity index (χ3n) is 5.76. The average Bonchev–Trinajstić information content (AvgIpc) is 2.78. The number of ether oxygens (including phenoxy) is 1. The minimum atomic E-state index is -0.181. The van der Waals surface area contributed by atoms with E-state index in [1.165, 1.54) is 23.3 Å². The van der Waals surface area contributed by atoms with Crippen molar-refractivity contribution < 1.29 is 9.13 Å². The van der Waals surface area contributed by atoms with E-state index >= 15 is 0 Å². The number of nitrogens with one attached hydrogen (secondary N) is 1. The fourth-order valence-electron chi connectivity index (χ4n) is 4.21. The van der Waals surface area contributed by atoms with E-state index in [0.717, 1.165) is 38.0 Å². The second kappa shape index (κ2) is 9.82. The van der Waals surface area contributed by atoms with Crippen molar-refractivity contribution in [2.45, 2.75) is 37.3 Å². The Bertz CT molecular complexity index is 819. The summed E-state index contributed by atoms with van der Waals surface area (Å²) in [5.41, 5.74) is 3.78. The molecule has 0 spiro atoms. The second-order valence-electron chi connectivity index (χ2n) is 7.78. The molecule has 150 valence electrons. The zero-order valence-electron chi connectivity index (χ0n) is 16.6. The van der Waals surface area contributed by atoms with Gasteiger partial charge < -0.3 is 10.1 Å². The van der Waals surface area contributed by atoms with Gasteiger partial charge in [0.25, 0.3) is 0 Å². The highest BCUT2D eigenvalue weighted by Gasteiger charge is 2.30. The van der Waals surface area contributed by atoms with Crippen LogP contribution >= 0.6 is 0 Å². The maximum absolute atomic E-state index is 13.0. The molecule has 1 N–H and O–H groups in total. The summed E-state index contributed by atoms with van der Waals surface area (Å²) in [6.45, 7) is 1.61. The third kappa shape index (κ3) is 5.31. The molecule has 4 rings (SSSR count). The van der Waals surface area contributed by atoms with E-state index in [1.807, 2.05) is 12.1 Å². The molecule has 3 aromatic rings. The summed E-state index contributed by atoms with van der Waals surface area (Å²) in [6.07, 6.45) is 3.22. The van der Waals surface area contributed by atoms with Gasteiger partial charge in [0.05, 0.1) is 12.7 Å². The lowest BCUT2D eigenvalue weighted by Crippen LogP contribution is -2.42. The Kier molecular flexibility index (Phi) is 6.71. The van der Waals surface area contributed by atoms with Crippen LogP contribution in [0, 0.1) is 5.82 Å². The Labute approximate surface area is 172 Å². The molecule has 2 unspecified atom stereocenters. The van der Waals surface area contributed by atoms with Crippen molar-refractivity contribution in [2.24, 2.45) is 0 Å². The number of benzene rings is 3. The minimum absolute atomic E-state index is 0.181. The van der Waals surface area contributed by atoms with Gasteiger partial charge in [-0.05, 0) is 54.6 Å². The summed E-state index contributed by atoms with van der Waals surface area (Å²) in [6, 6.07) is 28.5. The van der Waals surface area contributed by atoms with Crippen molar-refractivity contribution in [3.63, 3.8) is 0 Å². The molecule has 0 amide bonds. The highest BCUT2D eigenvalue weighted by molar-refractivity contribution is 5.34. The minimum Gasteiger partial charge on any atom is -0.376 e. The average molecular weight is 390 g/mol. The van der Waals surface area contributed by atoms with Crippen molar-refractivity contribution in [2.75, 3.05) is 13.2 Å². The molecule has 0 bridgehead atoms. The molecule has 2 nitrogen and oxygen atoms in total. The Hall–Kier alpha value is -2.49. The highest BCUT2D eigenvalue weighted by atomic mass is 19.1. The summed E-state index contributed by atoms with van der Waals surface area (Å²) >= 11 is 0. The SMILES string of the molecule is Fc1ccc(CCNC2CCC(C(c3ccccc3)c3ccccc3)OC2)cc1. The smallest absolute Gasteiger partial charge is 0.123 e. The lowest BCUT2D eigenvalue weighted by molar-refractivity contribution is -0.0111. The molecule has 29 heavy (non-hydrogen) atoms. The van der Waals surface area contributed by atoms with Crippen LogP contribution in [0.2, 0.25) is 0 Å². The highest BCUT2D eigenvalue weighted by Crippen LogP contribution is 2.34. The summed E-state index contributed by atoms with van der Waals surface area (Å²) in [5, 5.41) is 3.60. The zero-order chi connectivity index (χ0) is 19.9. The van der Waals surface area contributed by atoms with Crippen LogP contribution in [-0.4, -0.2) is 25.3 Å². The van der Waals surface area contributed by atoms with Crippen molar-refractivity contribution in [3.8, 4) is 0 Å². The predicted molar refractivity (Wildman–Crippen MR) is 116 cm³/mol. The van der Waals surface area contributed by atoms with Crippen molar-refractivity contribution in [3.05, 3.63) is 107 Å². The number of hydrogen-bond donors (Lipinski definition) is 1. The quantitative estimate of drug-likeness (QED) is 0.589. The molecule has 1 aliphatic heterocycles. The molecule has 0 aliphatic carbocycles. The van der Waals surface area contributed by atoms with E-state index in [2.05, 4.69) is 66.0 Å². The molecule has 0 saturated carbocycles. The standard InChI is InChI=1S/C26H28FNO/c27-23-13-11-20(12-14-23)17-18-28-24-15-16-25(29-19-24)26(21-7-3-1-4-8-21)22-9-5-2-6-10-22/h1-14,24-26,28H,15-19H2. The Balaban J connectivity index is 1.34. The van der Waals surface area contributed by atoms with Gasteiger partial charge in [0, 0.05) is 12.0 Å². The van der Waals surface area contributed by atoms with Crippen LogP contribution in [0.15, 0.2) is 84.9 Å². The predicted octanol–water partition coefficient (Wildman–Crippen LogP) is 5.34. The van der Waals surface area contributed by atoms with Crippen LogP contribution < -0.4 is 5.32 Å². The fraction of sp³-hybridized carbons (Fsp3) is 0.308. The monoisotopic (exact) mass is 389 g/mol. The van der Waals surface area contributed by atoms with Crippen LogP contribution in [0.25, 0.3) is 0 Å². The van der Waals surface area contributed by atoms with Gasteiger partial charge in [0.1, 0.15) is 5.82 Å². The van der Waals surface area contributed by atoms with E-state index < -0.39 is 0 Å². The largest absolute Gasteiger partial charge is 0.376 e. The van der Waals surface area contributed by atoms with Gasteiger partial charge in [-0.15, -0.1) is 0 Å². The third-order valence-corrected chi connectivity index (χ3v) is 5.76. The molecular formula is C26H28FNO. The maximum Gasteiger partial charge on any atom is 0.123 e. The first kappa shape index (κ1) is 19.8. The Morgan fingerprint density at radius 1 is 0.828 bits per heavy atom. The summed E-state index contributed by atoms with van der Waals surface area (Å²) < 4.78 is 19.4. The van der Waals surface area contributed by atoms with Crippen LogP contribution in [0.5, 0.6) is 0 Å². The lowest BCUT2D eigenvalue weighted by atomic mass is 9.83. The van der Waals surface area contributed by atoms with Crippen molar-refractivity contribution in [1.82, 2.24) is 5.32 Å². The van der Waals surface area contributed by atoms with Gasteiger partial charge in [-0.1, -0.05) is 72.8 Å². The van der Waals surface area contributed by atoms with Crippen LogP contribution in [-0.2, 0) is 11.2 Å². The molecule has 3 aromatic carbocycles. The first-order chi connectivity index (χ1) is 14.3. The van der Waals surface area contributed by atoms with Gasteiger partial charge in [0.2, 0.25) is 0 Å². The van der Waals surface area contributed by atoms with Gasteiger partial charge in [-0.25, -0.2) is 4.39 Å². The van der Waals surface area contributed by atoms with Crippen molar-refractivity contribution in [1.29, 1.82) is 0 Å². The fourth-order valence-corrected chi connectivity index (χ4v) is 4.21. The van der Waals surface area contributed by atoms with E-state index in [9.17, 15) is 4.39 Å². The first-order valence-corrected chi connectivity index (χ1v) is 10.5. The van der Waals surface area contributed by atoms with Gasteiger partial charge >= 0.3 is 0 Å². The molecule has 1 fully saturated rings. The summed E-state index contributed by atoms with van der Waals surface area (Å²) in [5.74, 6) is 0.0809. The van der Waals surface area contributed by atoms with Crippen LogP contribution in [0.3, 0.4) is 0 Å². The molecule has 3 heteroatoms. The number of rotatable bonds is 7. The number of hydrogen-bond acceptors (Lipinski definition) is 2. The molecule has 2 atom stereocenters. The van der Waals surface area contributed by atoms with Gasteiger partial charge in [-0.3, -0.25) is 0 Å². The molecule has 0 radical (unpaired) electrons. The Morgan fingerprint density at radius 2 is 1.45 bits per heavy atom. The normalized spacial score (nSPS) is 19.4. The van der Waals surface area contributed by atoms with E-state index in [-0.39, 0.29) is 17.8 Å². The zero-order valence-corrected chi connectivity index (χ0v) is 16.6. The van der Waals surface area contributed by atoms with Crippen molar-refractivity contribution >= 4 is 0 Å². The topological polar surface area (TPSA) is 21.3 Å². The molecular weight excluding hydrogens is 361 g/mol. The summed E-state index contributed by atoms with van der Waals surface area (Å²) in [4.78, 5) is 0. The second-order valence-corrected chi connectivity index (χ2v) is 7.78. The van der Waals surface area contributed by atoms with Crippen LogP contribution in [0.1, 0.15) is 35.4 Å². The lowest BCUT2D eigenvalue weighted by Gasteiger charge is -2.35. The van der Waals surface area contributed by atoms with Gasteiger partial charge in [-0.2, -0.15) is 0 Å². The van der Waals surface area contributed by atoms with E-state index in [4.69, 9.17) is 4.74 Å². The van der Waals surface area contributed by atoms with E-state index in [1.54, 1.807) is 0 Å². The van der Waals surface area contributed by atoms with Crippen LogP contribution in [0.4, 0.5) is 4.39 Å². The first-order valence-electron chi connectivity index (χ1n) is 10.5.